The van der Waals surface area contributed by atoms with Crippen molar-refractivity contribution in [2.75, 3.05) is 0 Å². The van der Waals surface area contributed by atoms with E-state index in [-0.39, 0.29) is 0 Å². The first-order chi connectivity index (χ1) is 6.68. The molecule has 2 aromatic heterocycles. The van der Waals surface area contributed by atoms with Crippen LogP contribution in [0.15, 0.2) is 12.3 Å². The first-order valence-corrected chi connectivity index (χ1v) is 5.28. The minimum atomic E-state index is 0.439. The molecule has 0 bridgehead atoms. The van der Waals surface area contributed by atoms with Crippen LogP contribution < -0.4 is 0 Å². The van der Waals surface area contributed by atoms with Gasteiger partial charge in [0, 0.05) is 19.2 Å². The lowest BCUT2D eigenvalue weighted by Crippen LogP contribution is -1.94. The Hall–Kier alpha value is -1.23. The zero-order valence-corrected chi connectivity index (χ0v) is 9.25. The maximum absolute atomic E-state index is 4.46. The van der Waals surface area contributed by atoms with Crippen LogP contribution in [0.3, 0.4) is 0 Å². The molecule has 0 spiro atoms. The number of aromatic nitrogens is 4. The van der Waals surface area contributed by atoms with Gasteiger partial charge in [-0.25, -0.2) is 4.98 Å². The summed E-state index contributed by atoms with van der Waals surface area (Å²) < 4.78 is 6.09. The molecule has 2 rings (SSSR count). The minimum absolute atomic E-state index is 0.439. The van der Waals surface area contributed by atoms with Crippen LogP contribution in [-0.4, -0.2) is 19.1 Å². The van der Waals surface area contributed by atoms with Gasteiger partial charge in [0.2, 0.25) is 0 Å². The Bertz CT molecular complexity index is 429. The van der Waals surface area contributed by atoms with E-state index >= 15 is 0 Å². The van der Waals surface area contributed by atoms with Gasteiger partial charge in [-0.3, -0.25) is 4.68 Å². The zero-order chi connectivity index (χ0) is 10.1. The molecule has 0 aliphatic rings. The van der Waals surface area contributed by atoms with Gasteiger partial charge in [0.15, 0.2) is 5.82 Å². The Morgan fingerprint density at radius 1 is 1.43 bits per heavy atom. The van der Waals surface area contributed by atoms with E-state index in [0.29, 0.717) is 5.92 Å². The fraction of sp³-hybridized carbons (Fsp3) is 0.444. The number of nitrogens with zero attached hydrogens (tertiary/aromatic N) is 4. The largest absolute Gasteiger partial charge is 0.265 e. The van der Waals surface area contributed by atoms with Crippen LogP contribution in [0, 0.1) is 0 Å². The van der Waals surface area contributed by atoms with E-state index in [1.54, 1.807) is 10.9 Å². The Morgan fingerprint density at radius 3 is 2.71 bits per heavy atom. The molecule has 5 heteroatoms. The van der Waals surface area contributed by atoms with E-state index in [1.807, 2.05) is 13.1 Å². The van der Waals surface area contributed by atoms with Crippen LogP contribution in [0.4, 0.5) is 0 Å². The average molecular weight is 208 g/mol. The van der Waals surface area contributed by atoms with Gasteiger partial charge in [-0.15, -0.1) is 0 Å². The molecule has 0 fully saturated rings. The monoisotopic (exact) mass is 208 g/mol. The summed E-state index contributed by atoms with van der Waals surface area (Å²) in [5, 5.41) is 5.16. The Labute approximate surface area is 86.8 Å². The maximum Gasteiger partial charge on any atom is 0.191 e. The number of aryl methyl sites for hydroxylation is 1. The molecule has 0 aliphatic heterocycles. The van der Waals surface area contributed by atoms with Crippen molar-refractivity contribution in [2.45, 2.75) is 19.8 Å². The highest BCUT2D eigenvalue weighted by atomic mass is 32.1. The zero-order valence-electron chi connectivity index (χ0n) is 8.43. The summed E-state index contributed by atoms with van der Waals surface area (Å²) in [5.41, 5.74) is 0.966. The fourth-order valence-corrected chi connectivity index (χ4v) is 1.82. The van der Waals surface area contributed by atoms with Gasteiger partial charge >= 0.3 is 0 Å². The molecule has 0 atom stereocenters. The van der Waals surface area contributed by atoms with Gasteiger partial charge in [-0.1, -0.05) is 13.8 Å². The van der Waals surface area contributed by atoms with Gasteiger partial charge < -0.3 is 0 Å². The number of hydrogen-bond acceptors (Lipinski definition) is 4. The molecule has 0 aromatic carbocycles. The predicted octanol–water partition coefficient (Wildman–Crippen LogP) is 2.06. The lowest BCUT2D eigenvalue weighted by Gasteiger charge is -1.96. The minimum Gasteiger partial charge on any atom is -0.265 e. The van der Waals surface area contributed by atoms with Crippen LogP contribution in [0.1, 0.15) is 24.8 Å². The highest BCUT2D eigenvalue weighted by Crippen LogP contribution is 2.21. The maximum atomic E-state index is 4.46. The average Bonchev–Trinajstić information content (AvgIpc) is 2.71. The second kappa shape index (κ2) is 3.49. The molecule has 74 valence electrons. The first-order valence-electron chi connectivity index (χ1n) is 4.50. The van der Waals surface area contributed by atoms with Crippen molar-refractivity contribution in [3.05, 3.63) is 17.3 Å². The number of hydrogen-bond donors (Lipinski definition) is 0. The molecule has 4 nitrogen and oxygen atoms in total. The second-order valence-electron chi connectivity index (χ2n) is 3.45. The molecule has 0 saturated heterocycles. The van der Waals surface area contributed by atoms with Gasteiger partial charge in [0.05, 0.1) is 0 Å². The predicted molar refractivity (Wildman–Crippen MR) is 56.2 cm³/mol. The van der Waals surface area contributed by atoms with Gasteiger partial charge in [-0.2, -0.15) is 9.47 Å². The summed E-state index contributed by atoms with van der Waals surface area (Å²) in [6, 6.07) is 1.92. The number of rotatable bonds is 2. The molecule has 0 saturated carbocycles. The Morgan fingerprint density at radius 2 is 2.21 bits per heavy atom. The van der Waals surface area contributed by atoms with Crippen LogP contribution in [0.5, 0.6) is 0 Å². The summed E-state index contributed by atoms with van der Waals surface area (Å²) in [7, 11) is 1.89. The molecule has 0 amide bonds. The third-order valence-corrected chi connectivity index (χ3v) is 3.00. The quantitative estimate of drug-likeness (QED) is 0.758. The molecule has 14 heavy (non-hydrogen) atoms. The third kappa shape index (κ3) is 1.55. The summed E-state index contributed by atoms with van der Waals surface area (Å²) in [6.07, 6.45) is 1.76. The van der Waals surface area contributed by atoms with E-state index in [0.717, 1.165) is 16.5 Å². The van der Waals surface area contributed by atoms with Gasteiger partial charge in [0.1, 0.15) is 10.7 Å². The van der Waals surface area contributed by atoms with Crippen LogP contribution in [-0.2, 0) is 7.05 Å². The smallest absolute Gasteiger partial charge is 0.191 e. The summed E-state index contributed by atoms with van der Waals surface area (Å²) in [5.74, 6) is 1.22. The van der Waals surface area contributed by atoms with Crippen molar-refractivity contribution >= 4 is 11.5 Å². The molecule has 2 aromatic rings. The standard InChI is InChI=1S/C9H12N4S/c1-6(2)9-11-8(12-14-9)7-4-5-10-13(7)3/h4-6H,1-3H3. The summed E-state index contributed by atoms with van der Waals surface area (Å²) >= 11 is 1.46. The van der Waals surface area contributed by atoms with E-state index in [9.17, 15) is 0 Å². The summed E-state index contributed by atoms with van der Waals surface area (Å²) in [4.78, 5) is 4.46. The topological polar surface area (TPSA) is 43.6 Å². The SMILES string of the molecule is CC(C)c1nc(-c2ccnn2C)ns1. The van der Waals surface area contributed by atoms with Gasteiger partial charge in [0.25, 0.3) is 0 Å². The van der Waals surface area contributed by atoms with Crippen molar-refractivity contribution in [1.82, 2.24) is 19.1 Å². The van der Waals surface area contributed by atoms with E-state index in [4.69, 9.17) is 0 Å². The lowest BCUT2D eigenvalue weighted by atomic mass is 10.2. The normalized spacial score (nSPS) is 11.1. The Kier molecular flexibility index (Phi) is 2.33. The van der Waals surface area contributed by atoms with Crippen molar-refractivity contribution in [1.29, 1.82) is 0 Å². The molecule has 0 aliphatic carbocycles. The lowest BCUT2D eigenvalue weighted by molar-refractivity contribution is 0.769. The Balaban J connectivity index is 2.39. The van der Waals surface area contributed by atoms with Crippen LogP contribution in [0.2, 0.25) is 0 Å². The fourth-order valence-electron chi connectivity index (χ4n) is 1.17. The molecule has 0 unspecified atom stereocenters. The van der Waals surface area contributed by atoms with E-state index in [1.165, 1.54) is 11.5 Å². The van der Waals surface area contributed by atoms with Crippen molar-refractivity contribution in [3.63, 3.8) is 0 Å². The van der Waals surface area contributed by atoms with Crippen LogP contribution >= 0.6 is 11.5 Å². The van der Waals surface area contributed by atoms with Crippen LogP contribution in [0.25, 0.3) is 11.5 Å². The highest BCUT2D eigenvalue weighted by Gasteiger charge is 2.11. The molecular formula is C9H12N4S. The van der Waals surface area contributed by atoms with E-state index < -0.39 is 0 Å². The first kappa shape index (κ1) is 9.33. The summed E-state index contributed by atoms with van der Waals surface area (Å²) in [6.45, 7) is 4.24. The second-order valence-corrected chi connectivity index (χ2v) is 4.23. The highest BCUT2D eigenvalue weighted by molar-refractivity contribution is 7.05. The molecular weight excluding hydrogens is 196 g/mol. The molecule has 2 heterocycles. The van der Waals surface area contributed by atoms with Crippen molar-refractivity contribution in [2.24, 2.45) is 7.05 Å². The van der Waals surface area contributed by atoms with Gasteiger partial charge in [-0.05, 0) is 17.6 Å². The molecule has 0 radical (unpaired) electrons. The van der Waals surface area contributed by atoms with Crippen molar-refractivity contribution < 1.29 is 0 Å². The van der Waals surface area contributed by atoms with Crippen molar-refractivity contribution in [3.8, 4) is 11.5 Å². The van der Waals surface area contributed by atoms with E-state index in [2.05, 4.69) is 28.3 Å². The third-order valence-electron chi connectivity index (χ3n) is 1.99. The molecule has 0 N–H and O–H groups in total.